The molecule has 2 nitrogen and oxygen atoms in total. The van der Waals surface area contributed by atoms with Crippen LogP contribution in [0.4, 0.5) is 0 Å². The molecule has 0 heterocycles. The van der Waals surface area contributed by atoms with Crippen LogP contribution in [0, 0.1) is 0 Å². The maximum Gasteiger partial charge on any atom is 0.171 e. The van der Waals surface area contributed by atoms with Crippen LogP contribution in [-0.4, -0.2) is 10.2 Å². The quantitative estimate of drug-likeness (QED) is 0.484. The number of phenols is 2. The SMILES string of the molecule is CC(C)(C)c1cc(C(C)(C)C)c(S)c(O)c1O. The van der Waals surface area contributed by atoms with Crippen molar-refractivity contribution in [3.8, 4) is 11.5 Å². The van der Waals surface area contributed by atoms with Crippen LogP contribution in [0.2, 0.25) is 0 Å². The zero-order chi connectivity index (χ0) is 13.6. The van der Waals surface area contributed by atoms with E-state index in [4.69, 9.17) is 0 Å². The summed E-state index contributed by atoms with van der Waals surface area (Å²) >= 11 is 4.31. The molecule has 1 aromatic carbocycles. The first-order valence-electron chi connectivity index (χ1n) is 5.75. The highest BCUT2D eigenvalue weighted by Gasteiger charge is 2.27. The topological polar surface area (TPSA) is 40.5 Å². The fourth-order valence-corrected chi connectivity index (χ4v) is 2.30. The van der Waals surface area contributed by atoms with Gasteiger partial charge in [0.1, 0.15) is 0 Å². The van der Waals surface area contributed by atoms with Crippen molar-refractivity contribution in [2.24, 2.45) is 0 Å². The summed E-state index contributed by atoms with van der Waals surface area (Å²) in [6.45, 7) is 12.2. The third kappa shape index (κ3) is 2.71. The minimum atomic E-state index is -0.219. The zero-order valence-electron chi connectivity index (χ0n) is 11.4. The summed E-state index contributed by atoms with van der Waals surface area (Å²) < 4.78 is 0. The summed E-state index contributed by atoms with van der Waals surface area (Å²) in [6.07, 6.45) is 0. The van der Waals surface area contributed by atoms with Crippen molar-refractivity contribution in [1.82, 2.24) is 0 Å². The van der Waals surface area contributed by atoms with Gasteiger partial charge in [0.05, 0.1) is 4.90 Å². The number of rotatable bonds is 0. The van der Waals surface area contributed by atoms with E-state index in [1.807, 2.05) is 26.8 Å². The maximum atomic E-state index is 10.0. The number of benzene rings is 1. The Morgan fingerprint density at radius 2 is 1.24 bits per heavy atom. The van der Waals surface area contributed by atoms with Gasteiger partial charge in [-0.3, -0.25) is 0 Å². The first kappa shape index (κ1) is 14.2. The third-order valence-corrected chi connectivity index (χ3v) is 3.32. The molecule has 0 unspecified atom stereocenters. The van der Waals surface area contributed by atoms with E-state index in [0.717, 1.165) is 11.1 Å². The van der Waals surface area contributed by atoms with Crippen LogP contribution in [0.3, 0.4) is 0 Å². The predicted molar refractivity (Wildman–Crippen MR) is 74.4 cm³/mol. The Bertz CT molecular complexity index is 399. The Morgan fingerprint density at radius 1 is 0.824 bits per heavy atom. The summed E-state index contributed by atoms with van der Waals surface area (Å²) in [5.74, 6) is -0.179. The maximum absolute atomic E-state index is 10.0. The van der Waals surface area contributed by atoms with Crippen molar-refractivity contribution in [2.75, 3.05) is 0 Å². The van der Waals surface area contributed by atoms with E-state index in [1.165, 1.54) is 0 Å². The molecule has 0 amide bonds. The van der Waals surface area contributed by atoms with Crippen molar-refractivity contribution >= 4 is 12.6 Å². The highest BCUT2D eigenvalue weighted by atomic mass is 32.1. The van der Waals surface area contributed by atoms with Gasteiger partial charge in [0.2, 0.25) is 0 Å². The van der Waals surface area contributed by atoms with Gasteiger partial charge in [-0.05, 0) is 22.5 Å². The molecule has 0 radical (unpaired) electrons. The van der Waals surface area contributed by atoms with E-state index < -0.39 is 0 Å². The number of hydrogen-bond donors (Lipinski definition) is 3. The van der Waals surface area contributed by atoms with Gasteiger partial charge < -0.3 is 10.2 Å². The van der Waals surface area contributed by atoms with E-state index in [2.05, 4.69) is 33.4 Å². The first-order chi connectivity index (χ1) is 7.46. The van der Waals surface area contributed by atoms with E-state index >= 15 is 0 Å². The van der Waals surface area contributed by atoms with Crippen LogP contribution in [0.25, 0.3) is 0 Å². The van der Waals surface area contributed by atoms with Crippen LogP contribution >= 0.6 is 12.6 Å². The molecule has 0 bridgehead atoms. The lowest BCUT2D eigenvalue weighted by atomic mass is 9.80. The van der Waals surface area contributed by atoms with E-state index in [0.29, 0.717) is 4.90 Å². The lowest BCUT2D eigenvalue weighted by Crippen LogP contribution is -2.17. The van der Waals surface area contributed by atoms with Gasteiger partial charge in [-0.2, -0.15) is 0 Å². The molecule has 0 fully saturated rings. The van der Waals surface area contributed by atoms with Crippen molar-refractivity contribution in [3.05, 3.63) is 17.2 Å². The smallest absolute Gasteiger partial charge is 0.171 e. The molecule has 1 aromatic rings. The number of aromatic hydroxyl groups is 2. The minimum Gasteiger partial charge on any atom is -0.504 e. The van der Waals surface area contributed by atoms with Crippen LogP contribution in [0.1, 0.15) is 52.7 Å². The Labute approximate surface area is 109 Å². The van der Waals surface area contributed by atoms with Crippen LogP contribution in [0.5, 0.6) is 11.5 Å². The zero-order valence-corrected chi connectivity index (χ0v) is 12.3. The molecule has 17 heavy (non-hydrogen) atoms. The third-order valence-electron chi connectivity index (χ3n) is 2.86. The van der Waals surface area contributed by atoms with Gasteiger partial charge in [0, 0.05) is 5.56 Å². The van der Waals surface area contributed by atoms with Gasteiger partial charge in [-0.15, -0.1) is 12.6 Å². The number of thiol groups is 1. The highest BCUT2D eigenvalue weighted by molar-refractivity contribution is 7.80. The van der Waals surface area contributed by atoms with Crippen LogP contribution < -0.4 is 0 Å². The first-order valence-corrected chi connectivity index (χ1v) is 6.20. The molecule has 0 aliphatic carbocycles. The summed E-state index contributed by atoms with van der Waals surface area (Å²) in [5.41, 5.74) is 1.35. The van der Waals surface area contributed by atoms with Gasteiger partial charge in [0.15, 0.2) is 11.5 Å². The molecule has 96 valence electrons. The van der Waals surface area contributed by atoms with E-state index in [9.17, 15) is 10.2 Å². The Hall–Kier alpha value is -0.830. The molecule has 0 spiro atoms. The standard InChI is InChI=1S/C14H22O2S/c1-13(2,3)8-7-9(14(4,5)6)12(17)11(16)10(8)15/h7,15-17H,1-6H3. The average molecular weight is 254 g/mol. The molecule has 0 atom stereocenters. The van der Waals surface area contributed by atoms with Gasteiger partial charge >= 0.3 is 0 Å². The van der Waals surface area contributed by atoms with Crippen molar-refractivity contribution in [2.45, 2.75) is 57.3 Å². The van der Waals surface area contributed by atoms with Gasteiger partial charge in [0.25, 0.3) is 0 Å². The normalized spacial score (nSPS) is 12.9. The summed E-state index contributed by atoms with van der Waals surface area (Å²) in [7, 11) is 0. The lowest BCUT2D eigenvalue weighted by Gasteiger charge is -2.28. The molecule has 0 aliphatic heterocycles. The van der Waals surface area contributed by atoms with E-state index in [1.54, 1.807) is 0 Å². The fourth-order valence-electron chi connectivity index (χ4n) is 1.79. The summed E-state index contributed by atoms with van der Waals surface area (Å²) in [4.78, 5) is 0.461. The predicted octanol–water partition coefficient (Wildman–Crippen LogP) is 3.98. The van der Waals surface area contributed by atoms with Gasteiger partial charge in [-0.25, -0.2) is 0 Å². The Morgan fingerprint density at radius 3 is 1.59 bits per heavy atom. The Balaban J connectivity index is 3.63. The second-order valence-corrected chi connectivity index (χ2v) is 6.96. The van der Waals surface area contributed by atoms with Gasteiger partial charge in [-0.1, -0.05) is 41.5 Å². The minimum absolute atomic E-state index is 0.0597. The summed E-state index contributed by atoms with van der Waals surface area (Å²) in [6, 6.07) is 1.94. The molecule has 2 N–H and O–H groups in total. The molecule has 0 aromatic heterocycles. The number of phenolic OH excluding ortho intramolecular Hbond substituents is 2. The molecular weight excluding hydrogens is 232 g/mol. The van der Waals surface area contributed by atoms with Crippen LogP contribution in [0.15, 0.2) is 11.0 Å². The van der Waals surface area contributed by atoms with Crippen molar-refractivity contribution < 1.29 is 10.2 Å². The molecule has 1 rings (SSSR count). The molecular formula is C14H22O2S. The average Bonchev–Trinajstić information content (AvgIpc) is 2.10. The largest absolute Gasteiger partial charge is 0.504 e. The summed E-state index contributed by atoms with van der Waals surface area (Å²) in [5, 5.41) is 20.0. The molecule has 0 aliphatic rings. The lowest BCUT2D eigenvalue weighted by molar-refractivity contribution is 0.377. The number of hydrogen-bond acceptors (Lipinski definition) is 3. The monoisotopic (exact) mass is 254 g/mol. The fraction of sp³-hybridized carbons (Fsp3) is 0.571. The van der Waals surface area contributed by atoms with Crippen LogP contribution in [-0.2, 0) is 10.8 Å². The van der Waals surface area contributed by atoms with E-state index in [-0.39, 0.29) is 22.3 Å². The highest BCUT2D eigenvalue weighted by Crippen LogP contribution is 2.45. The second kappa shape index (κ2) is 4.13. The molecule has 0 saturated heterocycles. The second-order valence-electron chi connectivity index (χ2n) is 6.52. The Kier molecular flexibility index (Phi) is 3.45. The van der Waals surface area contributed by atoms with Crippen molar-refractivity contribution in [1.29, 1.82) is 0 Å². The molecule has 3 heteroatoms. The molecule has 0 saturated carbocycles. The van der Waals surface area contributed by atoms with Crippen molar-refractivity contribution in [3.63, 3.8) is 0 Å².